The predicted molar refractivity (Wildman–Crippen MR) is 170 cm³/mol. The lowest BCUT2D eigenvalue weighted by atomic mass is 9.96. The number of pyridine rings is 1. The molecule has 0 spiro atoms. The molecule has 0 radical (unpaired) electrons. The highest BCUT2D eigenvalue weighted by Crippen LogP contribution is 2.47. The average molecular weight is 671 g/mol. The zero-order valence-electron chi connectivity index (χ0n) is 27.0. The van der Waals surface area contributed by atoms with Crippen LogP contribution in [0.25, 0.3) is 43.7 Å². The molecular formula is C34H30N4O11. The zero-order chi connectivity index (χ0) is 34.9. The topological polar surface area (TPSA) is 185 Å². The highest BCUT2D eigenvalue weighted by atomic mass is 16.7. The Morgan fingerprint density at radius 3 is 2.08 bits per heavy atom. The highest BCUT2D eigenvalue weighted by molar-refractivity contribution is 6.39. The zero-order valence-corrected chi connectivity index (χ0v) is 27.0. The number of ether oxygens (including phenoxy) is 5. The van der Waals surface area contributed by atoms with Crippen LogP contribution in [0, 0.1) is 0 Å². The van der Waals surface area contributed by atoms with Crippen LogP contribution in [0.1, 0.15) is 54.6 Å². The number of aromatic nitrogens is 3. The average Bonchev–Trinajstić information content (AvgIpc) is 3.66. The second kappa shape index (κ2) is 11.7. The fourth-order valence-corrected chi connectivity index (χ4v) is 6.98. The maximum absolute atomic E-state index is 13.9. The van der Waals surface area contributed by atoms with Gasteiger partial charge in [0.25, 0.3) is 11.8 Å². The predicted octanol–water partition coefficient (Wildman–Crippen LogP) is 3.31. The van der Waals surface area contributed by atoms with Crippen LogP contribution in [0.15, 0.2) is 42.6 Å². The van der Waals surface area contributed by atoms with E-state index < -0.39 is 72.9 Å². The Balaban J connectivity index is 1.61. The summed E-state index contributed by atoms with van der Waals surface area (Å²) in [6, 6.07) is 10.7. The van der Waals surface area contributed by atoms with Crippen LogP contribution in [0.2, 0.25) is 0 Å². The number of amides is 2. The number of nitrogens with one attached hydrogen (secondary N) is 1. The van der Waals surface area contributed by atoms with E-state index in [4.69, 9.17) is 23.7 Å². The summed E-state index contributed by atoms with van der Waals surface area (Å²) in [5.41, 5.74) is 2.14. The third-order valence-electron chi connectivity index (χ3n) is 8.71. The summed E-state index contributed by atoms with van der Waals surface area (Å²) >= 11 is 0. The molecule has 5 heterocycles. The minimum Gasteiger partial charge on any atom is -0.463 e. The van der Waals surface area contributed by atoms with Crippen molar-refractivity contribution in [3.05, 3.63) is 53.7 Å². The Morgan fingerprint density at radius 2 is 1.41 bits per heavy atom. The number of nitrogens with zero attached hydrogens (tertiary/aromatic N) is 3. The van der Waals surface area contributed by atoms with E-state index in [9.17, 15) is 28.8 Å². The number of carbonyl (C=O) groups is 6. The number of H-pyrrole nitrogens is 1. The van der Waals surface area contributed by atoms with Gasteiger partial charge in [-0.05, 0) is 18.2 Å². The van der Waals surface area contributed by atoms with E-state index in [1.807, 2.05) is 24.3 Å². The number of para-hydroxylation sites is 1. The molecule has 3 aromatic heterocycles. The van der Waals surface area contributed by atoms with Crippen molar-refractivity contribution in [1.29, 1.82) is 0 Å². The molecule has 1 saturated heterocycles. The van der Waals surface area contributed by atoms with Crippen LogP contribution < -0.4 is 0 Å². The van der Waals surface area contributed by atoms with Crippen molar-refractivity contribution in [3.8, 4) is 0 Å². The van der Waals surface area contributed by atoms with E-state index in [1.54, 1.807) is 16.7 Å². The number of carbonyl (C=O) groups excluding carboxylic acids is 6. The summed E-state index contributed by atoms with van der Waals surface area (Å²) in [6.45, 7) is 4.18. The molecule has 2 aromatic carbocycles. The number of esters is 4. The van der Waals surface area contributed by atoms with Gasteiger partial charge in [-0.1, -0.05) is 18.2 Å². The molecule has 15 heteroatoms. The van der Waals surface area contributed by atoms with Crippen molar-refractivity contribution >= 4 is 79.4 Å². The largest absolute Gasteiger partial charge is 0.463 e. The Labute approximate surface area is 276 Å². The first kappa shape index (κ1) is 31.8. The summed E-state index contributed by atoms with van der Waals surface area (Å²) in [7, 11) is 1.41. The van der Waals surface area contributed by atoms with E-state index in [2.05, 4.69) is 9.97 Å². The fraction of sp³-hybridized carbons (Fsp3) is 0.324. The first-order valence-electron chi connectivity index (χ1n) is 15.4. The molecule has 0 unspecified atom stereocenters. The van der Waals surface area contributed by atoms with E-state index >= 15 is 0 Å². The third kappa shape index (κ3) is 4.96. The maximum atomic E-state index is 13.9. The van der Waals surface area contributed by atoms with Gasteiger partial charge in [-0.3, -0.25) is 38.2 Å². The van der Waals surface area contributed by atoms with Crippen molar-refractivity contribution in [2.24, 2.45) is 0 Å². The Bertz CT molecular complexity index is 2270. The lowest BCUT2D eigenvalue weighted by Crippen LogP contribution is -2.60. The van der Waals surface area contributed by atoms with Gasteiger partial charge in [0.15, 0.2) is 24.5 Å². The SMILES string of the molecule is CC(=O)OC[C@H]1O[C@@H](n2c3ncccc3c3c4c(c5c6ccccc6[nH]c5c32)C(=O)N(C)C4=O)[C@H](OC(C)=O)[C@@H](OC(C)=O)[C@@H]1OC(C)=O. The molecule has 2 amide bonds. The normalized spacial score (nSPS) is 22.1. The molecule has 7 rings (SSSR count). The molecule has 0 aliphatic carbocycles. The first-order chi connectivity index (χ1) is 23.4. The summed E-state index contributed by atoms with van der Waals surface area (Å²) in [6.07, 6.45) is -5.41. The molecule has 0 saturated carbocycles. The van der Waals surface area contributed by atoms with Gasteiger partial charge in [0.1, 0.15) is 18.4 Å². The van der Waals surface area contributed by atoms with Gasteiger partial charge in [0.2, 0.25) is 0 Å². The lowest BCUT2D eigenvalue weighted by molar-refractivity contribution is -0.267. The highest BCUT2D eigenvalue weighted by Gasteiger charge is 2.54. The van der Waals surface area contributed by atoms with Crippen LogP contribution >= 0.6 is 0 Å². The molecule has 1 N–H and O–H groups in total. The van der Waals surface area contributed by atoms with Gasteiger partial charge >= 0.3 is 23.9 Å². The third-order valence-corrected chi connectivity index (χ3v) is 8.71. The van der Waals surface area contributed by atoms with Crippen LogP contribution in [-0.2, 0) is 42.9 Å². The van der Waals surface area contributed by atoms with Crippen molar-refractivity contribution < 1.29 is 52.5 Å². The Kier molecular flexibility index (Phi) is 7.58. The monoisotopic (exact) mass is 670 g/mol. The van der Waals surface area contributed by atoms with Gasteiger partial charge < -0.3 is 28.7 Å². The molecule has 15 nitrogen and oxygen atoms in total. The molecule has 5 aromatic rings. The van der Waals surface area contributed by atoms with Crippen LogP contribution in [0.3, 0.4) is 0 Å². The second-order valence-electron chi connectivity index (χ2n) is 11.9. The van der Waals surface area contributed by atoms with E-state index in [0.29, 0.717) is 38.1 Å². The Morgan fingerprint density at radius 1 is 0.796 bits per heavy atom. The molecule has 252 valence electrons. The first-order valence-corrected chi connectivity index (χ1v) is 15.4. The van der Waals surface area contributed by atoms with Gasteiger partial charge in [0, 0.05) is 68.0 Å². The van der Waals surface area contributed by atoms with Gasteiger partial charge in [-0.15, -0.1) is 0 Å². The van der Waals surface area contributed by atoms with Crippen molar-refractivity contribution in [3.63, 3.8) is 0 Å². The van der Waals surface area contributed by atoms with Crippen LogP contribution in [-0.4, -0.2) is 93.2 Å². The van der Waals surface area contributed by atoms with E-state index in [-0.39, 0.29) is 16.8 Å². The number of hydrogen-bond acceptors (Lipinski definition) is 12. The molecule has 0 bridgehead atoms. The minimum atomic E-state index is -1.46. The van der Waals surface area contributed by atoms with Crippen molar-refractivity contribution in [1.82, 2.24) is 19.4 Å². The summed E-state index contributed by atoms with van der Waals surface area (Å²) in [5.74, 6) is -3.98. The van der Waals surface area contributed by atoms with Gasteiger partial charge in [-0.25, -0.2) is 4.98 Å². The summed E-state index contributed by atoms with van der Waals surface area (Å²) < 4.78 is 30.6. The summed E-state index contributed by atoms with van der Waals surface area (Å²) in [5, 5.41) is 2.01. The van der Waals surface area contributed by atoms with Crippen LogP contribution in [0.5, 0.6) is 0 Å². The quantitative estimate of drug-likeness (QED) is 0.158. The molecule has 1 fully saturated rings. The van der Waals surface area contributed by atoms with Gasteiger partial charge in [0.05, 0.1) is 22.2 Å². The number of aromatic amines is 1. The van der Waals surface area contributed by atoms with E-state index in [0.717, 1.165) is 25.7 Å². The number of rotatable bonds is 6. The summed E-state index contributed by atoms with van der Waals surface area (Å²) in [4.78, 5) is 86.2. The standard InChI is InChI=1S/C34H30N4O11/c1-14(39)45-13-21-28(46-15(2)40)29(47-16(3)41)30(48-17(4)42)34(49-21)38-27-23(19-10-8-12-35-31(19)38)25-24(32(43)37(5)33(25)44)22-18-9-6-7-11-20(18)36-26(22)27/h6-12,21,28-30,34,36H,13H2,1-5H3/t21-,28-,29+,30-,34-/m1/s1. The van der Waals surface area contributed by atoms with E-state index in [1.165, 1.54) is 20.2 Å². The Hall–Kier alpha value is -5.83. The second-order valence-corrected chi connectivity index (χ2v) is 11.9. The number of hydrogen-bond donors (Lipinski definition) is 1. The lowest BCUT2D eigenvalue weighted by Gasteiger charge is -2.45. The van der Waals surface area contributed by atoms with Crippen molar-refractivity contribution in [2.45, 2.75) is 58.3 Å². The molecule has 49 heavy (non-hydrogen) atoms. The minimum absolute atomic E-state index is 0.155. The smallest absolute Gasteiger partial charge is 0.303 e. The maximum Gasteiger partial charge on any atom is 0.303 e. The number of benzene rings is 2. The van der Waals surface area contributed by atoms with Crippen molar-refractivity contribution in [2.75, 3.05) is 13.7 Å². The fourth-order valence-electron chi connectivity index (χ4n) is 6.98. The number of imide groups is 1. The number of fused-ring (bicyclic) bond motifs is 10. The van der Waals surface area contributed by atoms with Gasteiger partial charge in [-0.2, -0.15) is 0 Å². The molecule has 5 atom stereocenters. The molecular weight excluding hydrogens is 640 g/mol. The van der Waals surface area contributed by atoms with Crippen LogP contribution in [0.4, 0.5) is 0 Å². The molecule has 2 aliphatic heterocycles. The molecule has 2 aliphatic rings.